The molecule has 0 radical (unpaired) electrons. The van der Waals surface area contributed by atoms with Crippen LogP contribution < -0.4 is 9.62 Å². The molecule has 0 bridgehead atoms. The zero-order valence-corrected chi connectivity index (χ0v) is 21.1. The van der Waals surface area contributed by atoms with E-state index in [2.05, 4.69) is 5.32 Å². The maximum Gasteiger partial charge on any atom is 0.242 e. The summed E-state index contributed by atoms with van der Waals surface area (Å²) in [7, 11) is -3.62. The molecule has 0 fully saturated rings. The maximum absolute atomic E-state index is 13.3. The van der Waals surface area contributed by atoms with E-state index in [9.17, 15) is 22.4 Å². The number of amides is 2. The Bertz CT molecular complexity index is 1070. The second-order valence-electron chi connectivity index (χ2n) is 8.24. The summed E-state index contributed by atoms with van der Waals surface area (Å²) in [5.41, 5.74) is 2.31. The first-order valence-electron chi connectivity index (χ1n) is 11.4. The number of benzene rings is 2. The highest BCUT2D eigenvalue weighted by atomic mass is 32.2. The fourth-order valence-electron chi connectivity index (χ4n) is 3.83. The van der Waals surface area contributed by atoms with Crippen molar-refractivity contribution in [1.29, 1.82) is 0 Å². The summed E-state index contributed by atoms with van der Waals surface area (Å²) in [6, 6.07) is 12.3. The fourth-order valence-corrected chi connectivity index (χ4v) is 4.80. The van der Waals surface area contributed by atoms with Gasteiger partial charge in [-0.05, 0) is 56.5 Å². The standard InChI is InChI=1S/C25H34FN3O4S/c1-5-23(25(31)27-6-2)28(18-20-10-7-9-19(3)17-20)24(30)11-8-16-29(34(4,32)33)22-14-12-21(26)13-15-22/h7,9-10,12-15,17,23H,5-6,8,11,16,18H2,1-4H3,(H,27,31). The summed E-state index contributed by atoms with van der Waals surface area (Å²) in [5.74, 6) is -0.905. The van der Waals surface area contributed by atoms with E-state index in [0.717, 1.165) is 21.7 Å². The van der Waals surface area contributed by atoms with Crippen LogP contribution in [0.1, 0.15) is 44.2 Å². The Hall–Kier alpha value is -2.94. The summed E-state index contributed by atoms with van der Waals surface area (Å²) in [6.45, 7) is 6.45. The van der Waals surface area contributed by atoms with Crippen LogP contribution in [0.2, 0.25) is 0 Å². The number of hydrogen-bond donors (Lipinski definition) is 1. The molecule has 2 rings (SSSR count). The fraction of sp³-hybridized carbons (Fsp3) is 0.440. The molecule has 186 valence electrons. The van der Waals surface area contributed by atoms with Gasteiger partial charge < -0.3 is 10.2 Å². The Morgan fingerprint density at radius 3 is 2.32 bits per heavy atom. The van der Waals surface area contributed by atoms with Crippen LogP contribution in [0, 0.1) is 12.7 Å². The van der Waals surface area contributed by atoms with Gasteiger partial charge in [0, 0.05) is 26.1 Å². The number of anilines is 1. The monoisotopic (exact) mass is 491 g/mol. The summed E-state index contributed by atoms with van der Waals surface area (Å²) >= 11 is 0. The highest BCUT2D eigenvalue weighted by Gasteiger charge is 2.28. The number of carbonyl (C=O) groups is 2. The van der Waals surface area contributed by atoms with Crippen LogP contribution in [0.15, 0.2) is 48.5 Å². The van der Waals surface area contributed by atoms with Crippen LogP contribution in [0.25, 0.3) is 0 Å². The summed E-state index contributed by atoms with van der Waals surface area (Å²) in [4.78, 5) is 27.5. The average Bonchev–Trinajstić information content (AvgIpc) is 2.76. The number of nitrogens with one attached hydrogen (secondary N) is 1. The zero-order valence-electron chi connectivity index (χ0n) is 20.3. The predicted molar refractivity (Wildman–Crippen MR) is 132 cm³/mol. The molecule has 0 aliphatic carbocycles. The second kappa shape index (κ2) is 12.5. The minimum Gasteiger partial charge on any atom is -0.355 e. The van der Waals surface area contributed by atoms with Crippen molar-refractivity contribution in [3.05, 3.63) is 65.5 Å². The average molecular weight is 492 g/mol. The minimum atomic E-state index is -3.62. The third-order valence-electron chi connectivity index (χ3n) is 5.44. The van der Waals surface area contributed by atoms with Crippen LogP contribution in [0.3, 0.4) is 0 Å². The van der Waals surface area contributed by atoms with Crippen molar-refractivity contribution in [2.24, 2.45) is 0 Å². The predicted octanol–water partition coefficient (Wildman–Crippen LogP) is 3.62. The lowest BCUT2D eigenvalue weighted by Gasteiger charge is -2.31. The van der Waals surface area contributed by atoms with Gasteiger partial charge in [-0.15, -0.1) is 0 Å². The van der Waals surface area contributed by atoms with Crippen LogP contribution in [-0.2, 0) is 26.2 Å². The van der Waals surface area contributed by atoms with Gasteiger partial charge in [-0.1, -0.05) is 36.8 Å². The lowest BCUT2D eigenvalue weighted by Crippen LogP contribution is -2.49. The van der Waals surface area contributed by atoms with E-state index >= 15 is 0 Å². The van der Waals surface area contributed by atoms with E-state index in [-0.39, 0.29) is 37.7 Å². The first kappa shape index (κ1) is 27.3. The molecule has 1 N–H and O–H groups in total. The number of halogens is 1. The van der Waals surface area contributed by atoms with Gasteiger partial charge in [0.2, 0.25) is 21.8 Å². The van der Waals surface area contributed by atoms with Gasteiger partial charge in [0.1, 0.15) is 11.9 Å². The normalized spacial score (nSPS) is 12.1. The van der Waals surface area contributed by atoms with Crippen molar-refractivity contribution in [1.82, 2.24) is 10.2 Å². The van der Waals surface area contributed by atoms with Crippen molar-refractivity contribution >= 4 is 27.5 Å². The molecule has 0 aliphatic rings. The maximum atomic E-state index is 13.3. The molecule has 2 aromatic rings. The van der Waals surface area contributed by atoms with Gasteiger partial charge in [0.15, 0.2) is 0 Å². The number of nitrogens with zero attached hydrogens (tertiary/aromatic N) is 2. The van der Waals surface area contributed by atoms with Gasteiger partial charge >= 0.3 is 0 Å². The van der Waals surface area contributed by atoms with Crippen molar-refractivity contribution in [3.8, 4) is 0 Å². The molecular weight excluding hydrogens is 457 g/mol. The van der Waals surface area contributed by atoms with Crippen LogP contribution in [0.4, 0.5) is 10.1 Å². The SMILES string of the molecule is CCNC(=O)C(CC)N(Cc1cccc(C)c1)C(=O)CCCN(c1ccc(F)cc1)S(C)(=O)=O. The lowest BCUT2D eigenvalue weighted by atomic mass is 10.1. The highest BCUT2D eigenvalue weighted by Crippen LogP contribution is 2.20. The van der Waals surface area contributed by atoms with E-state index in [1.54, 1.807) is 4.90 Å². The first-order valence-corrected chi connectivity index (χ1v) is 13.3. The Morgan fingerprint density at radius 2 is 1.76 bits per heavy atom. The molecule has 34 heavy (non-hydrogen) atoms. The minimum absolute atomic E-state index is 0.0619. The molecule has 7 nitrogen and oxygen atoms in total. The van der Waals surface area contributed by atoms with Crippen molar-refractivity contribution in [2.45, 2.75) is 52.6 Å². The lowest BCUT2D eigenvalue weighted by molar-refractivity contribution is -0.141. The second-order valence-corrected chi connectivity index (χ2v) is 10.2. The molecule has 2 amide bonds. The van der Waals surface area contributed by atoms with E-state index in [1.807, 2.05) is 45.0 Å². The third-order valence-corrected chi connectivity index (χ3v) is 6.63. The number of sulfonamides is 1. The molecule has 0 aromatic heterocycles. The Morgan fingerprint density at radius 1 is 1.09 bits per heavy atom. The molecule has 1 unspecified atom stereocenters. The molecule has 0 saturated heterocycles. The van der Waals surface area contributed by atoms with Gasteiger partial charge in [-0.25, -0.2) is 12.8 Å². The van der Waals surface area contributed by atoms with Crippen molar-refractivity contribution < 1.29 is 22.4 Å². The highest BCUT2D eigenvalue weighted by molar-refractivity contribution is 7.92. The van der Waals surface area contributed by atoms with E-state index in [1.165, 1.54) is 24.3 Å². The molecule has 9 heteroatoms. The molecule has 2 aromatic carbocycles. The van der Waals surface area contributed by atoms with Crippen LogP contribution in [0.5, 0.6) is 0 Å². The Balaban J connectivity index is 2.19. The number of likely N-dealkylation sites (N-methyl/N-ethyl adjacent to an activating group) is 1. The number of hydrogen-bond acceptors (Lipinski definition) is 4. The first-order chi connectivity index (χ1) is 16.1. The topological polar surface area (TPSA) is 86.8 Å². The molecule has 0 spiro atoms. The van der Waals surface area contributed by atoms with Crippen molar-refractivity contribution in [3.63, 3.8) is 0 Å². The number of rotatable bonds is 12. The molecule has 0 saturated carbocycles. The quantitative estimate of drug-likeness (QED) is 0.491. The Labute approximate surface area is 202 Å². The Kier molecular flexibility index (Phi) is 10.0. The molecule has 1 atom stereocenters. The number of carbonyl (C=O) groups excluding carboxylic acids is 2. The van der Waals surface area contributed by atoms with Gasteiger partial charge in [0.25, 0.3) is 0 Å². The smallest absolute Gasteiger partial charge is 0.242 e. The molecule has 0 aliphatic heterocycles. The van der Waals surface area contributed by atoms with E-state index in [4.69, 9.17) is 0 Å². The van der Waals surface area contributed by atoms with Crippen molar-refractivity contribution in [2.75, 3.05) is 23.7 Å². The largest absolute Gasteiger partial charge is 0.355 e. The van der Waals surface area contributed by atoms with E-state index < -0.39 is 21.9 Å². The summed E-state index contributed by atoms with van der Waals surface area (Å²) in [5, 5.41) is 2.80. The summed E-state index contributed by atoms with van der Waals surface area (Å²) in [6.07, 6.45) is 1.84. The van der Waals surface area contributed by atoms with Gasteiger partial charge in [-0.3, -0.25) is 13.9 Å². The molecular formula is C25H34FN3O4S. The van der Waals surface area contributed by atoms with Gasteiger partial charge in [-0.2, -0.15) is 0 Å². The zero-order chi connectivity index (χ0) is 25.3. The number of aryl methyl sites for hydroxylation is 1. The third kappa shape index (κ3) is 7.83. The van der Waals surface area contributed by atoms with Crippen LogP contribution >= 0.6 is 0 Å². The van der Waals surface area contributed by atoms with Crippen LogP contribution in [-0.4, -0.2) is 50.5 Å². The van der Waals surface area contributed by atoms with Gasteiger partial charge in [0.05, 0.1) is 11.9 Å². The molecule has 0 heterocycles. The van der Waals surface area contributed by atoms with E-state index in [0.29, 0.717) is 18.7 Å². The summed E-state index contributed by atoms with van der Waals surface area (Å²) < 4.78 is 39.0.